The minimum Gasteiger partial charge on any atom is -0.452 e. The highest BCUT2D eigenvalue weighted by Gasteiger charge is 1.94. The number of hydrogen-bond donors (Lipinski definition) is 0. The van der Waals surface area contributed by atoms with Crippen LogP contribution in [0.2, 0.25) is 0 Å². The van der Waals surface area contributed by atoms with Crippen LogP contribution in [0.5, 0.6) is 0 Å². The number of nitrogens with zero attached hydrogens (tertiary/aromatic N) is 2. The van der Waals surface area contributed by atoms with E-state index < -0.39 is 0 Å². The Morgan fingerprint density at radius 3 is 2.11 bits per heavy atom. The normalized spacial score (nSPS) is 10.4. The zero-order valence-corrected chi connectivity index (χ0v) is 9.61. The molecular weight excluding hydrogens is 228 g/mol. The molecule has 0 atom stereocenters. The van der Waals surface area contributed by atoms with Gasteiger partial charge in [0, 0.05) is 0 Å². The van der Waals surface area contributed by atoms with Crippen LogP contribution >= 0.6 is 0 Å². The minimum absolute atomic E-state index is 0.222. The van der Waals surface area contributed by atoms with Crippen molar-refractivity contribution in [2.75, 3.05) is 0 Å². The number of ether oxygens (including phenoxy) is 1. The van der Waals surface area contributed by atoms with Gasteiger partial charge in [-0.05, 0) is 29.8 Å². The first-order valence-electron chi connectivity index (χ1n) is 5.43. The molecule has 0 unspecified atom stereocenters. The van der Waals surface area contributed by atoms with Gasteiger partial charge in [-0.3, -0.25) is 0 Å². The van der Waals surface area contributed by atoms with E-state index in [0.717, 1.165) is 16.9 Å². The lowest BCUT2D eigenvalue weighted by atomic mass is 10.2. The molecule has 0 aliphatic rings. The fourth-order valence-corrected chi connectivity index (χ4v) is 1.38. The molecule has 0 saturated carbocycles. The quantitative estimate of drug-likeness (QED) is 0.747. The second-order valence-corrected chi connectivity index (χ2v) is 3.57. The van der Waals surface area contributed by atoms with E-state index in [0.29, 0.717) is 0 Å². The van der Waals surface area contributed by atoms with Crippen molar-refractivity contribution < 1.29 is 9.53 Å². The summed E-state index contributed by atoms with van der Waals surface area (Å²) in [5.41, 5.74) is 2.44. The van der Waals surface area contributed by atoms with Gasteiger partial charge < -0.3 is 4.74 Å². The number of rotatable bonds is 5. The lowest BCUT2D eigenvalue weighted by Crippen LogP contribution is -1.88. The summed E-state index contributed by atoms with van der Waals surface area (Å²) >= 11 is 0. The van der Waals surface area contributed by atoms with E-state index >= 15 is 0 Å². The van der Waals surface area contributed by atoms with Crippen molar-refractivity contribution in [2.45, 2.75) is 6.61 Å². The van der Waals surface area contributed by atoms with Gasteiger partial charge in [0.15, 0.2) is 0 Å². The molecule has 0 aliphatic heterocycles. The van der Waals surface area contributed by atoms with Crippen molar-refractivity contribution in [3.8, 4) is 0 Å². The average molecular weight is 239 g/mol. The largest absolute Gasteiger partial charge is 0.452 e. The van der Waals surface area contributed by atoms with Crippen LogP contribution in [0.3, 0.4) is 0 Å². The highest BCUT2D eigenvalue weighted by atomic mass is 16.5. The highest BCUT2D eigenvalue weighted by Crippen LogP contribution is 2.18. The molecule has 0 heterocycles. The number of hydrogen-bond acceptors (Lipinski definition) is 4. The highest BCUT2D eigenvalue weighted by molar-refractivity contribution is 5.42. The maximum absolute atomic E-state index is 9.92. The standard InChI is InChI=1S/C14H11N2O2/c17-11-18-10-12-6-8-14(9-7-12)16-15-13-4-2-1-3-5-13/h1-9H,10H2/b16-15+. The molecule has 89 valence electrons. The third-order valence-electron chi connectivity index (χ3n) is 2.27. The van der Waals surface area contributed by atoms with Crippen LogP contribution in [0.4, 0.5) is 11.4 Å². The Kier molecular flexibility index (Phi) is 4.19. The molecule has 4 nitrogen and oxygen atoms in total. The summed E-state index contributed by atoms with van der Waals surface area (Å²) in [5.74, 6) is 0. The second-order valence-electron chi connectivity index (χ2n) is 3.57. The summed E-state index contributed by atoms with van der Waals surface area (Å²) in [5, 5.41) is 8.20. The summed E-state index contributed by atoms with van der Waals surface area (Å²) < 4.78 is 4.53. The Morgan fingerprint density at radius 1 is 0.889 bits per heavy atom. The van der Waals surface area contributed by atoms with Crippen LogP contribution in [0, 0.1) is 0 Å². The van der Waals surface area contributed by atoms with E-state index in [1.54, 1.807) is 0 Å². The molecule has 0 N–H and O–H groups in total. The molecule has 0 aliphatic carbocycles. The predicted molar refractivity (Wildman–Crippen MR) is 67.5 cm³/mol. The van der Waals surface area contributed by atoms with Gasteiger partial charge in [0.1, 0.15) is 6.61 Å². The van der Waals surface area contributed by atoms with Crippen LogP contribution in [-0.2, 0) is 16.1 Å². The maximum Gasteiger partial charge on any atom is 0.417 e. The lowest BCUT2D eigenvalue weighted by Gasteiger charge is -1.98. The van der Waals surface area contributed by atoms with Crippen LogP contribution in [0.15, 0.2) is 64.8 Å². The van der Waals surface area contributed by atoms with Gasteiger partial charge in [0.05, 0.1) is 11.4 Å². The van der Waals surface area contributed by atoms with Gasteiger partial charge in [0.2, 0.25) is 0 Å². The molecule has 0 aromatic heterocycles. The van der Waals surface area contributed by atoms with Crippen molar-refractivity contribution in [3.05, 3.63) is 60.2 Å². The van der Waals surface area contributed by atoms with Crippen molar-refractivity contribution in [1.29, 1.82) is 0 Å². The molecule has 0 amide bonds. The maximum atomic E-state index is 9.92. The van der Waals surface area contributed by atoms with E-state index in [-0.39, 0.29) is 6.61 Å². The SMILES string of the molecule is O=[C]OCc1ccc(/N=N/c2ccccc2)cc1. The Bertz CT molecular complexity index is 521. The molecule has 4 heteroatoms. The van der Waals surface area contributed by atoms with Crippen LogP contribution in [0.1, 0.15) is 5.56 Å². The zero-order chi connectivity index (χ0) is 12.6. The first-order chi connectivity index (χ1) is 8.88. The summed E-state index contributed by atoms with van der Waals surface area (Å²) in [6, 6.07) is 16.8. The van der Waals surface area contributed by atoms with Crippen LogP contribution < -0.4 is 0 Å². The second kappa shape index (κ2) is 6.30. The fourth-order valence-electron chi connectivity index (χ4n) is 1.38. The van der Waals surface area contributed by atoms with Crippen molar-refractivity contribution >= 4 is 17.8 Å². The molecule has 0 saturated heterocycles. The summed E-state index contributed by atoms with van der Waals surface area (Å²) in [6.07, 6.45) is 0. The Labute approximate surface area is 105 Å². The molecule has 2 aromatic rings. The van der Waals surface area contributed by atoms with Gasteiger partial charge in [-0.25, -0.2) is 4.79 Å². The van der Waals surface area contributed by atoms with Crippen molar-refractivity contribution in [1.82, 2.24) is 0 Å². The minimum atomic E-state index is 0.222. The smallest absolute Gasteiger partial charge is 0.417 e. The average Bonchev–Trinajstić information content (AvgIpc) is 2.45. The Morgan fingerprint density at radius 2 is 1.50 bits per heavy atom. The molecule has 2 rings (SSSR count). The molecule has 0 fully saturated rings. The zero-order valence-electron chi connectivity index (χ0n) is 9.61. The summed E-state index contributed by atoms with van der Waals surface area (Å²) in [6.45, 7) is 1.61. The molecule has 0 bridgehead atoms. The lowest BCUT2D eigenvalue weighted by molar-refractivity contribution is 0.267. The van der Waals surface area contributed by atoms with E-state index in [9.17, 15) is 4.79 Å². The van der Waals surface area contributed by atoms with Crippen LogP contribution in [-0.4, -0.2) is 6.47 Å². The number of benzene rings is 2. The van der Waals surface area contributed by atoms with Gasteiger partial charge in [-0.15, -0.1) is 0 Å². The van der Waals surface area contributed by atoms with E-state index in [1.165, 1.54) is 6.47 Å². The third kappa shape index (κ3) is 3.52. The van der Waals surface area contributed by atoms with Gasteiger partial charge in [-0.2, -0.15) is 10.2 Å². The molecule has 0 spiro atoms. The topological polar surface area (TPSA) is 51.0 Å². The monoisotopic (exact) mass is 239 g/mol. The van der Waals surface area contributed by atoms with Gasteiger partial charge in [0.25, 0.3) is 0 Å². The van der Waals surface area contributed by atoms with Crippen molar-refractivity contribution in [3.63, 3.8) is 0 Å². The summed E-state index contributed by atoms with van der Waals surface area (Å²) in [4.78, 5) is 9.92. The molecular formula is C14H11N2O2. The van der Waals surface area contributed by atoms with E-state index in [2.05, 4.69) is 15.0 Å². The van der Waals surface area contributed by atoms with Gasteiger partial charge in [-0.1, -0.05) is 30.3 Å². The molecule has 2 aromatic carbocycles. The third-order valence-corrected chi connectivity index (χ3v) is 2.27. The van der Waals surface area contributed by atoms with Crippen molar-refractivity contribution in [2.24, 2.45) is 10.2 Å². The Balaban J connectivity index is 2.02. The fraction of sp³-hybridized carbons (Fsp3) is 0.0714. The molecule has 1 radical (unpaired) electrons. The first kappa shape index (κ1) is 12.0. The summed E-state index contributed by atoms with van der Waals surface area (Å²) in [7, 11) is 0. The number of carbonyl (C=O) groups excluding carboxylic acids is 1. The predicted octanol–water partition coefficient (Wildman–Crippen LogP) is 3.69. The van der Waals surface area contributed by atoms with Gasteiger partial charge >= 0.3 is 6.47 Å². The van der Waals surface area contributed by atoms with E-state index in [1.807, 2.05) is 54.6 Å². The number of azo groups is 1. The van der Waals surface area contributed by atoms with E-state index in [4.69, 9.17) is 0 Å². The Hall–Kier alpha value is -2.49. The molecule has 18 heavy (non-hydrogen) atoms. The van der Waals surface area contributed by atoms with Crippen LogP contribution in [0.25, 0.3) is 0 Å². The first-order valence-corrected chi connectivity index (χ1v) is 5.43.